The molecule has 0 saturated heterocycles. The number of hydrogen-bond acceptors (Lipinski definition) is 7. The third-order valence-electron chi connectivity index (χ3n) is 9.19. The van der Waals surface area contributed by atoms with Gasteiger partial charge in [0.15, 0.2) is 0 Å². The first-order chi connectivity index (χ1) is 22.5. The van der Waals surface area contributed by atoms with Crippen LogP contribution in [0, 0.1) is 5.92 Å². The Morgan fingerprint density at radius 3 is 2.07 bits per heavy atom. The second-order valence-electron chi connectivity index (χ2n) is 12.4. The van der Waals surface area contributed by atoms with Crippen molar-refractivity contribution in [2.24, 2.45) is 5.92 Å². The van der Waals surface area contributed by atoms with Crippen molar-refractivity contribution in [3.05, 3.63) is 114 Å². The van der Waals surface area contributed by atoms with Gasteiger partial charge < -0.3 is 20.1 Å². The van der Waals surface area contributed by atoms with Crippen LogP contribution < -0.4 is 20.1 Å². The number of amides is 2. The lowest BCUT2D eigenvalue weighted by Gasteiger charge is -2.33. The van der Waals surface area contributed by atoms with Gasteiger partial charge >= 0.3 is 0 Å². The van der Waals surface area contributed by atoms with E-state index in [4.69, 9.17) is 9.47 Å². The number of benzene rings is 1. The second-order valence-corrected chi connectivity index (χ2v) is 12.4. The van der Waals surface area contributed by atoms with E-state index in [0.717, 1.165) is 55.7 Å². The first-order valence-electron chi connectivity index (χ1n) is 16.3. The van der Waals surface area contributed by atoms with Crippen molar-refractivity contribution in [3.63, 3.8) is 0 Å². The number of nitrogens with one attached hydrogen (secondary N) is 2. The average molecular weight is 620 g/mol. The summed E-state index contributed by atoms with van der Waals surface area (Å²) in [5.41, 5.74) is 3.93. The van der Waals surface area contributed by atoms with Crippen molar-refractivity contribution >= 4 is 11.8 Å². The predicted molar refractivity (Wildman–Crippen MR) is 175 cm³/mol. The van der Waals surface area contributed by atoms with E-state index in [1.807, 2.05) is 42.5 Å². The summed E-state index contributed by atoms with van der Waals surface area (Å²) in [6.07, 6.45) is 14.1. The van der Waals surface area contributed by atoms with E-state index in [-0.39, 0.29) is 17.9 Å². The van der Waals surface area contributed by atoms with Crippen molar-refractivity contribution < 1.29 is 19.1 Å². The van der Waals surface area contributed by atoms with Crippen LogP contribution in [0.4, 0.5) is 0 Å². The fourth-order valence-electron chi connectivity index (χ4n) is 6.08. The number of ether oxygens (including phenoxy) is 2. The Bertz CT molecular complexity index is 1580. The summed E-state index contributed by atoms with van der Waals surface area (Å²) in [7, 11) is 0. The minimum absolute atomic E-state index is 0.0597. The van der Waals surface area contributed by atoms with Gasteiger partial charge in [-0.2, -0.15) is 0 Å². The molecule has 6 rings (SSSR count). The van der Waals surface area contributed by atoms with Crippen molar-refractivity contribution in [2.75, 3.05) is 0 Å². The van der Waals surface area contributed by atoms with E-state index in [1.54, 1.807) is 30.9 Å². The molecule has 0 aliphatic heterocycles. The monoisotopic (exact) mass is 619 g/mol. The Morgan fingerprint density at radius 2 is 1.46 bits per heavy atom. The van der Waals surface area contributed by atoms with E-state index < -0.39 is 0 Å². The molecule has 2 saturated carbocycles. The highest BCUT2D eigenvalue weighted by molar-refractivity contribution is 5.94. The third kappa shape index (κ3) is 8.27. The maximum atomic E-state index is 12.9. The molecule has 0 radical (unpaired) electrons. The molecule has 2 amide bonds. The van der Waals surface area contributed by atoms with Crippen LogP contribution in [0.15, 0.2) is 85.5 Å². The number of rotatable bonds is 12. The van der Waals surface area contributed by atoms with Gasteiger partial charge in [0, 0.05) is 30.7 Å². The first-order valence-corrected chi connectivity index (χ1v) is 16.3. The maximum absolute atomic E-state index is 12.9. The highest BCUT2D eigenvalue weighted by Gasteiger charge is 2.27. The lowest BCUT2D eigenvalue weighted by molar-refractivity contribution is 0.0908. The Kier molecular flexibility index (Phi) is 10.2. The van der Waals surface area contributed by atoms with Crippen molar-refractivity contribution in [3.8, 4) is 11.5 Å². The van der Waals surface area contributed by atoms with Crippen molar-refractivity contribution in [2.45, 2.75) is 83.1 Å². The van der Waals surface area contributed by atoms with Crippen LogP contribution in [-0.2, 0) is 13.2 Å². The molecular formula is C37H41N5O4. The predicted octanol–water partition coefficient (Wildman–Crippen LogP) is 6.40. The molecule has 0 unspecified atom stereocenters. The maximum Gasteiger partial charge on any atom is 0.253 e. The van der Waals surface area contributed by atoms with Gasteiger partial charge in [0.2, 0.25) is 0 Å². The highest BCUT2D eigenvalue weighted by Crippen LogP contribution is 2.38. The summed E-state index contributed by atoms with van der Waals surface area (Å²) >= 11 is 0. The zero-order valence-electron chi connectivity index (χ0n) is 26.2. The van der Waals surface area contributed by atoms with E-state index in [2.05, 4.69) is 44.6 Å². The third-order valence-corrected chi connectivity index (χ3v) is 9.19. The molecule has 9 nitrogen and oxygen atoms in total. The van der Waals surface area contributed by atoms with Crippen LogP contribution in [-0.4, -0.2) is 38.8 Å². The molecule has 238 valence electrons. The van der Waals surface area contributed by atoms with Gasteiger partial charge in [-0.15, -0.1) is 0 Å². The summed E-state index contributed by atoms with van der Waals surface area (Å²) in [6.45, 7) is 2.76. The fraction of sp³-hybridized carbons (Fsp3) is 0.378. The second kappa shape index (κ2) is 15.0. The molecule has 4 aromatic rings. The number of carbonyl (C=O) groups is 2. The number of aromatic nitrogens is 3. The molecule has 3 aromatic heterocycles. The van der Waals surface area contributed by atoms with Crippen LogP contribution in [0.1, 0.15) is 95.5 Å². The molecule has 2 aliphatic rings. The molecule has 46 heavy (non-hydrogen) atoms. The average Bonchev–Trinajstić information content (AvgIpc) is 3.09. The number of pyridine rings is 3. The van der Waals surface area contributed by atoms with Gasteiger partial charge in [0.25, 0.3) is 11.8 Å². The molecule has 3 heterocycles. The molecular weight excluding hydrogens is 578 g/mol. The smallest absolute Gasteiger partial charge is 0.253 e. The van der Waals surface area contributed by atoms with E-state index in [1.165, 1.54) is 12.0 Å². The Labute approximate surface area is 270 Å². The molecule has 2 aliphatic carbocycles. The molecule has 1 atom stereocenters. The number of hydrogen-bond donors (Lipinski definition) is 2. The van der Waals surface area contributed by atoms with Gasteiger partial charge in [-0.05, 0) is 118 Å². The summed E-state index contributed by atoms with van der Waals surface area (Å²) in [5.74, 6) is 2.21. The van der Waals surface area contributed by atoms with Gasteiger partial charge in [-0.1, -0.05) is 12.1 Å². The van der Waals surface area contributed by atoms with Crippen LogP contribution in [0.2, 0.25) is 0 Å². The van der Waals surface area contributed by atoms with Gasteiger partial charge in [0.05, 0.1) is 28.7 Å². The standard InChI is InChI=1S/C37H41N5O4/c1-25(41-36(43)29-14-16-33(39-20-29)24-46-35-9-4-18-38-22-35)26-10-12-27(13-11-26)28-5-2-8-34(19-28)45-23-32-17-15-30(21-40-32)37(44)42-31-6-3-7-31/h2,4-5,8-9,14-22,25-27,31H,3,6-7,10-13,23-24H2,1H3,(H,41,43)(H,42,44)/t25-,26?,27?/m1/s1. The molecule has 2 N–H and O–H groups in total. The van der Waals surface area contributed by atoms with E-state index >= 15 is 0 Å². The lowest BCUT2D eigenvalue weighted by Crippen LogP contribution is -2.39. The molecule has 0 bridgehead atoms. The van der Waals surface area contributed by atoms with Gasteiger partial charge in [0.1, 0.15) is 24.7 Å². The summed E-state index contributed by atoms with van der Waals surface area (Å²) in [6, 6.07) is 19.7. The Balaban J connectivity index is 0.936. The molecule has 2 fully saturated rings. The molecule has 1 aromatic carbocycles. The van der Waals surface area contributed by atoms with Crippen LogP contribution in [0.25, 0.3) is 0 Å². The minimum Gasteiger partial charge on any atom is -0.487 e. The van der Waals surface area contributed by atoms with Gasteiger partial charge in [-0.25, -0.2) is 0 Å². The first kappa shape index (κ1) is 31.2. The Morgan fingerprint density at radius 1 is 0.783 bits per heavy atom. The van der Waals surface area contributed by atoms with E-state index in [9.17, 15) is 9.59 Å². The van der Waals surface area contributed by atoms with Gasteiger partial charge in [-0.3, -0.25) is 24.5 Å². The zero-order chi connectivity index (χ0) is 31.7. The lowest BCUT2D eigenvalue weighted by atomic mass is 9.76. The highest BCUT2D eigenvalue weighted by atomic mass is 16.5. The van der Waals surface area contributed by atoms with Crippen molar-refractivity contribution in [1.29, 1.82) is 0 Å². The molecule has 9 heteroatoms. The number of carbonyl (C=O) groups excluding carboxylic acids is 2. The number of nitrogens with zero attached hydrogens (tertiary/aromatic N) is 3. The van der Waals surface area contributed by atoms with Crippen LogP contribution >= 0.6 is 0 Å². The zero-order valence-corrected chi connectivity index (χ0v) is 26.2. The quantitative estimate of drug-likeness (QED) is 0.188. The largest absolute Gasteiger partial charge is 0.487 e. The molecule has 0 spiro atoms. The fourth-order valence-corrected chi connectivity index (χ4v) is 6.08. The summed E-state index contributed by atoms with van der Waals surface area (Å²) in [4.78, 5) is 38.2. The van der Waals surface area contributed by atoms with Crippen molar-refractivity contribution in [1.82, 2.24) is 25.6 Å². The SMILES string of the molecule is C[C@@H](NC(=O)c1ccc(COc2cccnc2)nc1)C1CCC(c2cccc(OCc3ccc(C(=O)NC4CCC4)cn3)c2)CC1. The Hall–Kier alpha value is -4.79. The summed E-state index contributed by atoms with van der Waals surface area (Å²) in [5, 5.41) is 6.24. The minimum atomic E-state index is -0.104. The topological polar surface area (TPSA) is 115 Å². The summed E-state index contributed by atoms with van der Waals surface area (Å²) < 4.78 is 11.8. The van der Waals surface area contributed by atoms with E-state index in [0.29, 0.717) is 48.0 Å². The van der Waals surface area contributed by atoms with Crippen LogP contribution in [0.5, 0.6) is 11.5 Å². The van der Waals surface area contributed by atoms with Crippen LogP contribution in [0.3, 0.4) is 0 Å². The normalized spacial score (nSPS) is 18.5.